The fraction of sp³-hybridized carbons (Fsp3) is 0.429. The molecule has 2 aliphatic carbocycles. The largest absolute Gasteiger partial charge is 0.365 e. The minimum absolute atomic E-state index is 0.0175. The second kappa shape index (κ2) is 7.23. The van der Waals surface area contributed by atoms with Crippen LogP contribution in [0.3, 0.4) is 0 Å². The second-order valence-corrected chi connectivity index (χ2v) is 8.37. The third-order valence-corrected chi connectivity index (χ3v) is 6.80. The molecular weight excluding hydrogens is 344 g/mol. The Morgan fingerprint density at radius 3 is 2.69 bits per heavy atom. The average molecular weight is 369 g/mol. The molecule has 1 aromatic carbocycles. The quantitative estimate of drug-likeness (QED) is 0.798. The summed E-state index contributed by atoms with van der Waals surface area (Å²) < 4.78 is 0. The molecule has 2 aromatic rings. The number of hydrogen-bond donors (Lipinski definition) is 2. The van der Waals surface area contributed by atoms with E-state index in [0.717, 1.165) is 56.1 Å². The van der Waals surface area contributed by atoms with Crippen molar-refractivity contribution in [2.45, 2.75) is 57.3 Å². The number of primary amides is 1. The molecule has 4 rings (SSSR count). The van der Waals surface area contributed by atoms with Gasteiger partial charge < -0.3 is 11.1 Å². The van der Waals surface area contributed by atoms with E-state index in [9.17, 15) is 9.59 Å². The summed E-state index contributed by atoms with van der Waals surface area (Å²) >= 11 is 1.54. The zero-order chi connectivity index (χ0) is 18.1. The molecule has 136 valence electrons. The van der Waals surface area contributed by atoms with Crippen LogP contribution in [-0.2, 0) is 24.1 Å². The number of anilines is 1. The minimum atomic E-state index is -0.427. The highest BCUT2D eigenvalue weighted by molar-refractivity contribution is 7.17. The molecule has 5 heteroatoms. The van der Waals surface area contributed by atoms with Gasteiger partial charge in [0.1, 0.15) is 5.00 Å². The van der Waals surface area contributed by atoms with E-state index in [0.29, 0.717) is 10.6 Å². The van der Waals surface area contributed by atoms with Crippen molar-refractivity contribution in [1.82, 2.24) is 0 Å². The monoisotopic (exact) mass is 368 g/mol. The van der Waals surface area contributed by atoms with E-state index in [1.165, 1.54) is 16.9 Å². The summed E-state index contributed by atoms with van der Waals surface area (Å²) in [6.45, 7) is 0. The fourth-order valence-electron chi connectivity index (χ4n) is 4.32. The van der Waals surface area contributed by atoms with Gasteiger partial charge in [-0.05, 0) is 61.6 Å². The van der Waals surface area contributed by atoms with E-state index in [2.05, 4.69) is 17.4 Å². The van der Waals surface area contributed by atoms with Gasteiger partial charge in [-0.3, -0.25) is 9.59 Å². The molecule has 0 spiro atoms. The predicted octanol–water partition coefficient (Wildman–Crippen LogP) is 4.17. The number of thiophene rings is 1. The lowest BCUT2D eigenvalue weighted by molar-refractivity contribution is -0.117. The smallest absolute Gasteiger partial charge is 0.251 e. The van der Waals surface area contributed by atoms with Crippen LogP contribution in [0.5, 0.6) is 0 Å². The number of aryl methyl sites for hydroxylation is 2. The highest BCUT2D eigenvalue weighted by Crippen LogP contribution is 2.39. The molecule has 1 atom stereocenters. The van der Waals surface area contributed by atoms with Gasteiger partial charge in [-0.15, -0.1) is 11.3 Å². The number of hydrogen-bond acceptors (Lipinski definition) is 3. The Hall–Kier alpha value is -2.14. The third kappa shape index (κ3) is 3.16. The Balaban J connectivity index is 1.64. The summed E-state index contributed by atoms with van der Waals surface area (Å²) in [5.41, 5.74) is 9.68. The van der Waals surface area contributed by atoms with Gasteiger partial charge in [-0.25, -0.2) is 0 Å². The Labute approximate surface area is 157 Å². The number of nitrogens with two attached hydrogens (primary N) is 1. The SMILES string of the molecule is NC(=O)c1c(NC(=O)C2CCCc3ccccc32)sc2c1CCCCC2. The lowest BCUT2D eigenvalue weighted by Gasteiger charge is -2.24. The van der Waals surface area contributed by atoms with E-state index in [-0.39, 0.29) is 11.8 Å². The Bertz CT molecular complexity index is 856. The van der Waals surface area contributed by atoms with Crippen LogP contribution in [-0.4, -0.2) is 11.8 Å². The molecule has 0 bridgehead atoms. The number of benzene rings is 1. The number of fused-ring (bicyclic) bond motifs is 2. The molecule has 2 amide bonds. The molecule has 1 unspecified atom stereocenters. The van der Waals surface area contributed by atoms with Gasteiger partial charge in [0.15, 0.2) is 0 Å². The topological polar surface area (TPSA) is 72.2 Å². The molecule has 0 radical (unpaired) electrons. The second-order valence-electron chi connectivity index (χ2n) is 7.27. The molecule has 0 saturated heterocycles. The summed E-state index contributed by atoms with van der Waals surface area (Å²) in [6.07, 6.45) is 8.13. The van der Waals surface area contributed by atoms with Gasteiger partial charge in [-0.2, -0.15) is 0 Å². The van der Waals surface area contributed by atoms with E-state index in [4.69, 9.17) is 5.73 Å². The van der Waals surface area contributed by atoms with Crippen molar-refractivity contribution < 1.29 is 9.59 Å². The molecule has 1 aromatic heterocycles. The summed E-state index contributed by atoms with van der Waals surface area (Å²) in [5.74, 6) is -0.595. The van der Waals surface area contributed by atoms with Crippen LogP contribution in [0.25, 0.3) is 0 Å². The van der Waals surface area contributed by atoms with Gasteiger partial charge >= 0.3 is 0 Å². The summed E-state index contributed by atoms with van der Waals surface area (Å²) in [7, 11) is 0. The normalized spacial score (nSPS) is 19.2. The maximum atomic E-state index is 13.0. The van der Waals surface area contributed by atoms with Gasteiger partial charge in [0.05, 0.1) is 11.5 Å². The van der Waals surface area contributed by atoms with Crippen molar-refractivity contribution in [3.63, 3.8) is 0 Å². The minimum Gasteiger partial charge on any atom is -0.365 e. The van der Waals surface area contributed by atoms with Crippen molar-refractivity contribution in [1.29, 1.82) is 0 Å². The van der Waals surface area contributed by atoms with E-state index >= 15 is 0 Å². The van der Waals surface area contributed by atoms with E-state index < -0.39 is 5.91 Å². The lowest BCUT2D eigenvalue weighted by atomic mass is 9.82. The van der Waals surface area contributed by atoms with Crippen molar-refractivity contribution in [3.8, 4) is 0 Å². The molecule has 0 fully saturated rings. The Kier molecular flexibility index (Phi) is 4.81. The van der Waals surface area contributed by atoms with Crippen LogP contribution in [0.15, 0.2) is 24.3 Å². The molecule has 3 N–H and O–H groups in total. The maximum Gasteiger partial charge on any atom is 0.251 e. The average Bonchev–Trinajstić information content (AvgIpc) is 2.82. The van der Waals surface area contributed by atoms with Gasteiger partial charge in [0.25, 0.3) is 5.91 Å². The molecule has 4 nitrogen and oxygen atoms in total. The van der Waals surface area contributed by atoms with Gasteiger partial charge in [0.2, 0.25) is 5.91 Å². The number of amides is 2. The first-order chi connectivity index (χ1) is 12.6. The van der Waals surface area contributed by atoms with Crippen molar-refractivity contribution in [3.05, 3.63) is 51.4 Å². The standard InChI is InChI=1S/C21H24N2O2S/c22-19(24)18-16-10-2-1-3-12-17(16)26-21(18)23-20(25)15-11-6-8-13-7-4-5-9-14(13)15/h4-5,7,9,15H,1-3,6,8,10-12H2,(H2,22,24)(H,23,25). The lowest BCUT2D eigenvalue weighted by Crippen LogP contribution is -2.25. The van der Waals surface area contributed by atoms with Gasteiger partial charge in [-0.1, -0.05) is 30.7 Å². The number of rotatable bonds is 3. The van der Waals surface area contributed by atoms with Crippen molar-refractivity contribution in [2.75, 3.05) is 5.32 Å². The maximum absolute atomic E-state index is 13.0. The fourth-order valence-corrected chi connectivity index (χ4v) is 5.61. The molecule has 1 heterocycles. The van der Waals surface area contributed by atoms with Crippen molar-refractivity contribution >= 4 is 28.2 Å². The zero-order valence-electron chi connectivity index (χ0n) is 14.8. The highest BCUT2D eigenvalue weighted by atomic mass is 32.1. The Morgan fingerprint density at radius 2 is 1.85 bits per heavy atom. The van der Waals surface area contributed by atoms with Crippen LogP contribution >= 0.6 is 11.3 Å². The number of carbonyl (C=O) groups excluding carboxylic acids is 2. The summed E-state index contributed by atoms with van der Waals surface area (Å²) in [6, 6.07) is 8.18. The van der Waals surface area contributed by atoms with Crippen LogP contribution in [0.1, 0.15) is 69.9 Å². The van der Waals surface area contributed by atoms with Crippen LogP contribution < -0.4 is 11.1 Å². The first-order valence-electron chi connectivity index (χ1n) is 9.48. The van der Waals surface area contributed by atoms with Crippen molar-refractivity contribution in [2.24, 2.45) is 5.73 Å². The van der Waals surface area contributed by atoms with Gasteiger partial charge in [0, 0.05) is 4.88 Å². The third-order valence-electron chi connectivity index (χ3n) is 5.59. The van der Waals surface area contributed by atoms with Crippen LogP contribution in [0.4, 0.5) is 5.00 Å². The van der Waals surface area contributed by atoms with E-state index in [1.807, 2.05) is 12.1 Å². The zero-order valence-corrected chi connectivity index (χ0v) is 15.7. The first kappa shape index (κ1) is 17.3. The molecular formula is C21H24N2O2S. The molecule has 26 heavy (non-hydrogen) atoms. The van der Waals surface area contributed by atoms with Crippen LogP contribution in [0.2, 0.25) is 0 Å². The molecule has 0 aliphatic heterocycles. The highest BCUT2D eigenvalue weighted by Gasteiger charge is 2.29. The first-order valence-corrected chi connectivity index (χ1v) is 10.3. The van der Waals surface area contributed by atoms with Crippen LogP contribution in [0, 0.1) is 0 Å². The Morgan fingerprint density at radius 1 is 1.04 bits per heavy atom. The van der Waals surface area contributed by atoms with E-state index in [1.54, 1.807) is 11.3 Å². The summed E-state index contributed by atoms with van der Waals surface area (Å²) in [4.78, 5) is 26.3. The molecule has 0 saturated carbocycles. The summed E-state index contributed by atoms with van der Waals surface area (Å²) in [5, 5.41) is 3.71. The predicted molar refractivity (Wildman–Crippen MR) is 105 cm³/mol. The number of carbonyl (C=O) groups is 2. The number of nitrogens with one attached hydrogen (secondary N) is 1. The molecule has 2 aliphatic rings.